The van der Waals surface area contributed by atoms with Gasteiger partial charge < -0.3 is 9.64 Å². The van der Waals surface area contributed by atoms with E-state index in [0.717, 1.165) is 28.2 Å². The third-order valence-corrected chi connectivity index (χ3v) is 6.42. The maximum absolute atomic E-state index is 13.5. The van der Waals surface area contributed by atoms with Crippen molar-refractivity contribution in [2.75, 3.05) is 20.2 Å². The average molecular weight is 448 g/mol. The summed E-state index contributed by atoms with van der Waals surface area (Å²) in [4.78, 5) is 35.2. The molecule has 0 unspecified atom stereocenters. The summed E-state index contributed by atoms with van der Waals surface area (Å²) in [5, 5.41) is 1.93. The highest BCUT2D eigenvalue weighted by molar-refractivity contribution is 7.11. The molecular weight excluding hydrogens is 422 g/mol. The van der Waals surface area contributed by atoms with Gasteiger partial charge in [-0.15, -0.1) is 11.3 Å². The van der Waals surface area contributed by atoms with E-state index in [1.54, 1.807) is 19.5 Å². The van der Waals surface area contributed by atoms with Crippen LogP contribution < -0.4 is 4.74 Å². The standard InChI is InChI=1S/C25H25N3O3S/c1-3-27(15-12-18-10-13-26-14-11-18)23-22(21-5-4-16-32-21)24(29)28(25(23)30)17-19-6-8-20(31-2)9-7-19/h4-11,13-14,16H,3,12,15,17H2,1-2H3. The van der Waals surface area contributed by atoms with Crippen molar-refractivity contribution in [3.63, 3.8) is 0 Å². The minimum absolute atomic E-state index is 0.224. The minimum atomic E-state index is -0.245. The number of benzene rings is 1. The number of imide groups is 1. The van der Waals surface area contributed by atoms with Gasteiger partial charge in [-0.2, -0.15) is 0 Å². The molecule has 0 saturated carbocycles. The molecular formula is C25H25N3O3S. The maximum atomic E-state index is 13.5. The Hall–Kier alpha value is -3.45. The molecule has 0 spiro atoms. The van der Waals surface area contributed by atoms with Gasteiger partial charge >= 0.3 is 0 Å². The van der Waals surface area contributed by atoms with E-state index in [0.29, 0.717) is 24.4 Å². The molecule has 164 valence electrons. The maximum Gasteiger partial charge on any atom is 0.278 e. The van der Waals surface area contributed by atoms with E-state index >= 15 is 0 Å². The third kappa shape index (κ3) is 4.43. The molecule has 1 aliphatic rings. The Morgan fingerprint density at radius 3 is 2.38 bits per heavy atom. The zero-order valence-electron chi connectivity index (χ0n) is 18.2. The SMILES string of the molecule is CCN(CCc1ccncc1)C1=C(c2cccs2)C(=O)N(Cc2ccc(OC)cc2)C1=O. The lowest BCUT2D eigenvalue weighted by Crippen LogP contribution is -2.35. The van der Waals surface area contributed by atoms with Crippen molar-refractivity contribution in [1.29, 1.82) is 0 Å². The van der Waals surface area contributed by atoms with Crippen molar-refractivity contribution in [2.24, 2.45) is 0 Å². The van der Waals surface area contributed by atoms with Gasteiger partial charge in [0, 0.05) is 30.4 Å². The molecule has 32 heavy (non-hydrogen) atoms. The van der Waals surface area contributed by atoms with Crippen molar-refractivity contribution in [1.82, 2.24) is 14.8 Å². The quantitative estimate of drug-likeness (QED) is 0.464. The van der Waals surface area contributed by atoms with Gasteiger partial charge in [-0.3, -0.25) is 19.5 Å². The van der Waals surface area contributed by atoms with E-state index in [1.807, 2.05) is 65.7 Å². The largest absolute Gasteiger partial charge is 0.497 e. The first kappa shape index (κ1) is 21.8. The fourth-order valence-electron chi connectivity index (χ4n) is 3.80. The van der Waals surface area contributed by atoms with Crippen molar-refractivity contribution >= 4 is 28.7 Å². The molecule has 0 aliphatic carbocycles. The summed E-state index contributed by atoms with van der Waals surface area (Å²) in [6, 6.07) is 15.2. The lowest BCUT2D eigenvalue weighted by Gasteiger charge is -2.24. The zero-order chi connectivity index (χ0) is 22.5. The molecule has 2 amide bonds. The van der Waals surface area contributed by atoms with Crippen LogP contribution in [-0.4, -0.2) is 46.8 Å². The van der Waals surface area contributed by atoms with Crippen LogP contribution in [0.2, 0.25) is 0 Å². The molecule has 1 aliphatic heterocycles. The van der Waals surface area contributed by atoms with Crippen LogP contribution in [0, 0.1) is 0 Å². The van der Waals surface area contributed by atoms with E-state index in [-0.39, 0.29) is 18.4 Å². The Kier molecular flexibility index (Phi) is 6.66. The number of carbonyl (C=O) groups excluding carboxylic acids is 2. The molecule has 7 heteroatoms. The lowest BCUT2D eigenvalue weighted by atomic mass is 10.1. The summed E-state index contributed by atoms with van der Waals surface area (Å²) in [5.41, 5.74) is 3.00. The Morgan fingerprint density at radius 2 is 1.75 bits per heavy atom. The van der Waals surface area contributed by atoms with Crippen molar-refractivity contribution in [3.05, 3.63) is 88.0 Å². The average Bonchev–Trinajstić information content (AvgIpc) is 3.44. The summed E-state index contributed by atoms with van der Waals surface area (Å²) < 4.78 is 5.21. The van der Waals surface area contributed by atoms with Gasteiger partial charge in [-0.1, -0.05) is 18.2 Å². The van der Waals surface area contributed by atoms with E-state index in [2.05, 4.69) is 4.98 Å². The fraction of sp³-hybridized carbons (Fsp3) is 0.240. The summed E-state index contributed by atoms with van der Waals surface area (Å²) in [7, 11) is 1.61. The van der Waals surface area contributed by atoms with Crippen LogP contribution in [0.25, 0.3) is 5.57 Å². The third-order valence-electron chi connectivity index (χ3n) is 5.53. The highest BCUT2D eigenvalue weighted by Gasteiger charge is 2.41. The van der Waals surface area contributed by atoms with Gasteiger partial charge in [-0.25, -0.2) is 0 Å². The lowest BCUT2D eigenvalue weighted by molar-refractivity contribution is -0.138. The number of methoxy groups -OCH3 is 1. The van der Waals surface area contributed by atoms with Crippen molar-refractivity contribution in [2.45, 2.75) is 19.9 Å². The van der Waals surface area contributed by atoms with Gasteiger partial charge in [0.2, 0.25) is 0 Å². The summed E-state index contributed by atoms with van der Waals surface area (Å²) in [6.45, 7) is 3.50. The second kappa shape index (κ2) is 9.78. The number of pyridine rings is 1. The van der Waals surface area contributed by atoms with Crippen LogP contribution >= 0.6 is 11.3 Å². The van der Waals surface area contributed by atoms with E-state index in [1.165, 1.54) is 16.2 Å². The number of carbonyl (C=O) groups is 2. The topological polar surface area (TPSA) is 62.7 Å². The van der Waals surface area contributed by atoms with Crippen LogP contribution in [0.15, 0.2) is 72.0 Å². The molecule has 0 radical (unpaired) electrons. The first-order chi connectivity index (χ1) is 15.6. The molecule has 0 saturated heterocycles. The molecule has 4 rings (SSSR count). The highest BCUT2D eigenvalue weighted by atomic mass is 32.1. The number of amides is 2. The summed E-state index contributed by atoms with van der Waals surface area (Å²) >= 11 is 1.48. The van der Waals surface area contributed by atoms with Gasteiger partial charge in [0.05, 0.1) is 19.2 Å². The monoisotopic (exact) mass is 447 g/mol. The molecule has 0 N–H and O–H groups in total. The van der Waals surface area contributed by atoms with E-state index in [4.69, 9.17) is 4.74 Å². The van der Waals surface area contributed by atoms with Gasteiger partial charge in [-0.05, 0) is 60.2 Å². The predicted molar refractivity (Wildman–Crippen MR) is 125 cm³/mol. The molecule has 2 aromatic heterocycles. The Bertz CT molecular complexity index is 1110. The minimum Gasteiger partial charge on any atom is -0.497 e. The van der Waals surface area contributed by atoms with Crippen LogP contribution in [-0.2, 0) is 22.6 Å². The highest BCUT2D eigenvalue weighted by Crippen LogP contribution is 2.35. The molecule has 0 fully saturated rings. The number of nitrogens with zero attached hydrogens (tertiary/aromatic N) is 3. The van der Waals surface area contributed by atoms with Gasteiger partial charge in [0.1, 0.15) is 11.4 Å². The number of rotatable bonds is 9. The summed E-state index contributed by atoms with van der Waals surface area (Å²) in [5.74, 6) is 0.246. The first-order valence-corrected chi connectivity index (χ1v) is 11.4. The molecule has 0 atom stereocenters. The first-order valence-electron chi connectivity index (χ1n) is 10.5. The zero-order valence-corrected chi connectivity index (χ0v) is 19.0. The normalized spacial score (nSPS) is 13.8. The number of thiophene rings is 1. The predicted octanol–water partition coefficient (Wildman–Crippen LogP) is 4.00. The second-order valence-electron chi connectivity index (χ2n) is 7.43. The molecule has 3 heterocycles. The van der Waals surface area contributed by atoms with Crippen LogP contribution in [0.1, 0.15) is 22.9 Å². The Balaban J connectivity index is 1.63. The molecule has 0 bridgehead atoms. The Morgan fingerprint density at radius 1 is 1.00 bits per heavy atom. The van der Waals surface area contributed by atoms with Crippen molar-refractivity contribution < 1.29 is 14.3 Å². The van der Waals surface area contributed by atoms with Crippen LogP contribution in [0.4, 0.5) is 0 Å². The van der Waals surface area contributed by atoms with Crippen LogP contribution in [0.3, 0.4) is 0 Å². The molecule has 1 aromatic carbocycles. The summed E-state index contributed by atoms with van der Waals surface area (Å²) in [6.07, 6.45) is 4.29. The van der Waals surface area contributed by atoms with Gasteiger partial charge in [0.25, 0.3) is 11.8 Å². The molecule has 6 nitrogen and oxygen atoms in total. The number of aromatic nitrogens is 1. The number of hydrogen-bond donors (Lipinski definition) is 0. The second-order valence-corrected chi connectivity index (χ2v) is 8.38. The fourth-order valence-corrected chi connectivity index (χ4v) is 4.56. The van der Waals surface area contributed by atoms with Crippen molar-refractivity contribution in [3.8, 4) is 5.75 Å². The van der Waals surface area contributed by atoms with E-state index in [9.17, 15) is 9.59 Å². The smallest absolute Gasteiger partial charge is 0.278 e. The Labute approximate surface area is 191 Å². The van der Waals surface area contributed by atoms with E-state index < -0.39 is 0 Å². The number of hydrogen-bond acceptors (Lipinski definition) is 6. The number of ether oxygens (including phenoxy) is 1. The van der Waals surface area contributed by atoms with Gasteiger partial charge in [0.15, 0.2) is 0 Å². The van der Waals surface area contributed by atoms with Crippen LogP contribution in [0.5, 0.6) is 5.75 Å². The number of likely N-dealkylation sites (N-methyl/N-ethyl adjacent to an activating group) is 1. The molecule has 3 aromatic rings.